The van der Waals surface area contributed by atoms with Gasteiger partial charge in [0.05, 0.1) is 25.0 Å². The lowest BCUT2D eigenvalue weighted by Crippen LogP contribution is -2.37. The van der Waals surface area contributed by atoms with Crippen molar-refractivity contribution in [1.82, 2.24) is 10.3 Å². The molecule has 8 nitrogen and oxygen atoms in total. The average molecular weight is 382 g/mol. The number of amides is 2. The van der Waals surface area contributed by atoms with Crippen LogP contribution in [-0.2, 0) is 11.2 Å². The lowest BCUT2D eigenvalue weighted by atomic mass is 9.82. The maximum Gasteiger partial charge on any atom is 0.404 e. The van der Waals surface area contributed by atoms with Gasteiger partial charge in [-0.05, 0) is 48.6 Å². The molecule has 0 fully saturated rings. The maximum absolute atomic E-state index is 12.7. The standard InChI is InChI=1S/C20H22N4O4/c1-28-17-8-7-16-19(23-17)24(18(25)11-21-16)14-5-6-15-12(9-14)3-2-4-13(15)10-22-20(26)27/h5-9,13,21-22H,2-4,10-11H2,1H3,(H,26,27). The highest BCUT2D eigenvalue weighted by atomic mass is 16.5. The number of carboxylic acid groups (broad SMARTS) is 1. The van der Waals surface area contributed by atoms with Crippen LogP contribution >= 0.6 is 0 Å². The van der Waals surface area contributed by atoms with Gasteiger partial charge >= 0.3 is 6.09 Å². The van der Waals surface area contributed by atoms with E-state index in [2.05, 4.69) is 15.6 Å². The highest BCUT2D eigenvalue weighted by Gasteiger charge is 2.29. The first-order valence-corrected chi connectivity index (χ1v) is 9.28. The summed E-state index contributed by atoms with van der Waals surface area (Å²) in [6.07, 6.45) is 1.83. The first-order chi connectivity index (χ1) is 13.6. The molecule has 0 saturated heterocycles. The minimum atomic E-state index is -1.01. The van der Waals surface area contributed by atoms with Gasteiger partial charge in [0.1, 0.15) is 0 Å². The molecule has 0 bridgehead atoms. The fraction of sp³-hybridized carbons (Fsp3) is 0.350. The summed E-state index contributed by atoms with van der Waals surface area (Å²) in [5.74, 6) is 1.03. The Bertz CT molecular complexity index is 930. The van der Waals surface area contributed by atoms with E-state index >= 15 is 0 Å². The number of carbonyl (C=O) groups excluding carboxylic acids is 1. The number of nitrogens with one attached hydrogen (secondary N) is 2. The second-order valence-corrected chi connectivity index (χ2v) is 6.97. The third-order valence-corrected chi connectivity index (χ3v) is 5.27. The molecule has 0 radical (unpaired) electrons. The van der Waals surface area contributed by atoms with E-state index in [0.717, 1.165) is 41.8 Å². The van der Waals surface area contributed by atoms with Crippen LogP contribution in [-0.4, -0.2) is 42.3 Å². The summed E-state index contributed by atoms with van der Waals surface area (Å²) in [5.41, 5.74) is 3.84. The molecule has 2 amide bonds. The summed E-state index contributed by atoms with van der Waals surface area (Å²) in [6.45, 7) is 0.596. The summed E-state index contributed by atoms with van der Waals surface area (Å²) in [6, 6.07) is 9.55. The van der Waals surface area contributed by atoms with Crippen molar-refractivity contribution >= 4 is 29.2 Å². The molecule has 1 aliphatic heterocycles. The zero-order valence-corrected chi connectivity index (χ0v) is 15.6. The Morgan fingerprint density at radius 3 is 3.04 bits per heavy atom. The number of benzene rings is 1. The number of fused-ring (bicyclic) bond motifs is 2. The Kier molecular flexibility index (Phi) is 4.77. The molecule has 1 aromatic carbocycles. The van der Waals surface area contributed by atoms with Crippen LogP contribution in [0.25, 0.3) is 0 Å². The lowest BCUT2D eigenvalue weighted by Gasteiger charge is -2.31. The van der Waals surface area contributed by atoms with E-state index in [0.29, 0.717) is 18.2 Å². The van der Waals surface area contributed by atoms with Crippen LogP contribution in [0.1, 0.15) is 29.9 Å². The average Bonchev–Trinajstić information content (AvgIpc) is 2.71. The molecule has 146 valence electrons. The number of nitrogens with zero attached hydrogens (tertiary/aromatic N) is 2. The van der Waals surface area contributed by atoms with E-state index < -0.39 is 6.09 Å². The smallest absolute Gasteiger partial charge is 0.404 e. The largest absolute Gasteiger partial charge is 0.481 e. The number of hydrogen-bond acceptors (Lipinski definition) is 5. The molecule has 1 aliphatic carbocycles. The molecule has 2 aromatic rings. The predicted octanol–water partition coefficient (Wildman–Crippen LogP) is 2.87. The number of pyridine rings is 1. The fourth-order valence-electron chi connectivity index (χ4n) is 3.95. The third kappa shape index (κ3) is 3.33. The second-order valence-electron chi connectivity index (χ2n) is 6.97. The van der Waals surface area contributed by atoms with Crippen LogP contribution in [0.4, 0.5) is 22.0 Å². The molecular weight excluding hydrogens is 360 g/mol. The van der Waals surface area contributed by atoms with E-state index in [1.54, 1.807) is 18.1 Å². The van der Waals surface area contributed by atoms with Gasteiger partial charge in [-0.3, -0.25) is 9.69 Å². The highest BCUT2D eigenvalue weighted by molar-refractivity contribution is 6.07. The number of methoxy groups -OCH3 is 1. The molecule has 8 heteroatoms. The quantitative estimate of drug-likeness (QED) is 0.751. The Morgan fingerprint density at radius 2 is 2.25 bits per heavy atom. The minimum Gasteiger partial charge on any atom is -0.481 e. The first kappa shape index (κ1) is 18.1. The Hall–Kier alpha value is -3.29. The fourth-order valence-corrected chi connectivity index (χ4v) is 3.95. The first-order valence-electron chi connectivity index (χ1n) is 9.28. The maximum atomic E-state index is 12.7. The van der Waals surface area contributed by atoms with Crippen molar-refractivity contribution in [2.45, 2.75) is 25.2 Å². The topological polar surface area (TPSA) is 104 Å². The molecule has 1 aromatic heterocycles. The molecule has 0 spiro atoms. The lowest BCUT2D eigenvalue weighted by molar-refractivity contribution is -0.116. The number of carbonyl (C=O) groups is 2. The highest BCUT2D eigenvalue weighted by Crippen LogP contribution is 2.38. The van der Waals surface area contributed by atoms with Crippen LogP contribution in [0.5, 0.6) is 5.88 Å². The van der Waals surface area contributed by atoms with Gasteiger partial charge < -0.3 is 20.5 Å². The van der Waals surface area contributed by atoms with Gasteiger partial charge in [-0.1, -0.05) is 6.07 Å². The molecule has 0 saturated carbocycles. The van der Waals surface area contributed by atoms with Crippen molar-refractivity contribution in [3.05, 3.63) is 41.5 Å². The Balaban J connectivity index is 1.69. The summed E-state index contributed by atoms with van der Waals surface area (Å²) in [4.78, 5) is 29.6. The van der Waals surface area contributed by atoms with Crippen LogP contribution in [0.15, 0.2) is 30.3 Å². The van der Waals surface area contributed by atoms with E-state index in [1.807, 2.05) is 24.3 Å². The van der Waals surface area contributed by atoms with Crippen LogP contribution < -0.4 is 20.3 Å². The number of aryl methyl sites for hydroxylation is 1. The van der Waals surface area contributed by atoms with Gasteiger partial charge in [0.2, 0.25) is 5.88 Å². The molecule has 1 atom stereocenters. The van der Waals surface area contributed by atoms with Gasteiger partial charge in [0.25, 0.3) is 5.91 Å². The van der Waals surface area contributed by atoms with Crippen LogP contribution in [0.3, 0.4) is 0 Å². The van der Waals surface area contributed by atoms with Gasteiger partial charge in [0.15, 0.2) is 5.82 Å². The number of rotatable bonds is 4. The molecule has 28 heavy (non-hydrogen) atoms. The van der Waals surface area contributed by atoms with Gasteiger partial charge in [-0.25, -0.2) is 4.79 Å². The molecule has 3 N–H and O–H groups in total. The van der Waals surface area contributed by atoms with Crippen molar-refractivity contribution in [3.63, 3.8) is 0 Å². The second kappa shape index (κ2) is 7.38. The van der Waals surface area contributed by atoms with E-state index in [1.165, 1.54) is 0 Å². The SMILES string of the molecule is COc1ccc2c(n1)N(c1ccc3c(c1)CCCC3CNC(=O)O)C(=O)CN2. The Morgan fingerprint density at radius 1 is 1.39 bits per heavy atom. The van der Waals surface area contributed by atoms with Gasteiger partial charge in [0, 0.05) is 18.5 Å². The molecule has 2 aliphatic rings. The number of hydrogen-bond donors (Lipinski definition) is 3. The van der Waals surface area contributed by atoms with Crippen LogP contribution in [0.2, 0.25) is 0 Å². The number of ether oxygens (including phenoxy) is 1. The third-order valence-electron chi connectivity index (χ3n) is 5.27. The molecule has 4 rings (SSSR count). The zero-order valence-electron chi connectivity index (χ0n) is 15.6. The van der Waals surface area contributed by atoms with Crippen LogP contribution in [0, 0.1) is 0 Å². The summed E-state index contributed by atoms with van der Waals surface area (Å²) in [7, 11) is 1.54. The minimum absolute atomic E-state index is 0.0897. The molecular formula is C20H22N4O4. The van der Waals surface area contributed by atoms with Gasteiger partial charge in [-0.2, -0.15) is 4.98 Å². The van der Waals surface area contributed by atoms with Crippen molar-refractivity contribution in [2.24, 2.45) is 0 Å². The van der Waals surface area contributed by atoms with Crippen molar-refractivity contribution < 1.29 is 19.4 Å². The zero-order chi connectivity index (χ0) is 19.7. The van der Waals surface area contributed by atoms with Crippen molar-refractivity contribution in [1.29, 1.82) is 0 Å². The van der Waals surface area contributed by atoms with E-state index in [-0.39, 0.29) is 18.4 Å². The molecule has 2 heterocycles. The molecule has 1 unspecified atom stereocenters. The number of aromatic nitrogens is 1. The van der Waals surface area contributed by atoms with E-state index in [9.17, 15) is 9.59 Å². The van der Waals surface area contributed by atoms with Crippen molar-refractivity contribution in [3.8, 4) is 5.88 Å². The Labute approximate surface area is 162 Å². The monoisotopic (exact) mass is 382 g/mol. The van der Waals surface area contributed by atoms with E-state index in [4.69, 9.17) is 9.84 Å². The summed E-state index contributed by atoms with van der Waals surface area (Å²) < 4.78 is 5.22. The number of anilines is 3. The summed E-state index contributed by atoms with van der Waals surface area (Å²) in [5, 5.41) is 14.5. The van der Waals surface area contributed by atoms with Crippen molar-refractivity contribution in [2.75, 3.05) is 30.4 Å². The van der Waals surface area contributed by atoms with Gasteiger partial charge in [-0.15, -0.1) is 0 Å². The normalized spacial score (nSPS) is 18.0. The predicted molar refractivity (Wildman–Crippen MR) is 105 cm³/mol. The summed E-state index contributed by atoms with van der Waals surface area (Å²) >= 11 is 0.